The van der Waals surface area contributed by atoms with Crippen LogP contribution in [0.25, 0.3) is 0 Å². The molecule has 0 amide bonds. The number of hydrogen-bond donors (Lipinski definition) is 0. The van der Waals surface area contributed by atoms with Gasteiger partial charge in [0.05, 0.1) is 10.6 Å². The third kappa shape index (κ3) is 5.18. The lowest BCUT2D eigenvalue weighted by molar-refractivity contribution is -0.137. The van der Waals surface area contributed by atoms with Gasteiger partial charge in [-0.15, -0.1) is 0 Å². The minimum absolute atomic E-state index is 0.0258. The van der Waals surface area contributed by atoms with Crippen LogP contribution in [0.1, 0.15) is 24.8 Å². The van der Waals surface area contributed by atoms with Crippen molar-refractivity contribution in [2.45, 2.75) is 25.4 Å². The zero-order valence-electron chi connectivity index (χ0n) is 10.5. The topological polar surface area (TPSA) is 16.1 Å². The van der Waals surface area contributed by atoms with Crippen molar-refractivity contribution in [3.63, 3.8) is 0 Å². The monoisotopic (exact) mass is 358 g/mol. The van der Waals surface area contributed by atoms with Crippen LogP contribution in [0.3, 0.4) is 0 Å². The van der Waals surface area contributed by atoms with Gasteiger partial charge in [0.2, 0.25) is 0 Å². The van der Waals surface area contributed by atoms with Crippen LogP contribution in [0.5, 0.6) is 0 Å². The van der Waals surface area contributed by atoms with Crippen LogP contribution in [0.2, 0.25) is 5.02 Å². The van der Waals surface area contributed by atoms with E-state index in [0.29, 0.717) is 12.4 Å². The smallest absolute Gasteiger partial charge is 0.358 e. The average molecular weight is 360 g/mol. The third-order valence-corrected chi connectivity index (χ3v) is 3.48. The van der Waals surface area contributed by atoms with Gasteiger partial charge in [-0.05, 0) is 18.9 Å². The first kappa shape index (κ1) is 16.6. The Morgan fingerprint density at radius 1 is 1.32 bits per heavy atom. The minimum Gasteiger partial charge on any atom is -0.358 e. The number of alkyl halides is 4. The summed E-state index contributed by atoms with van der Waals surface area (Å²) >= 11 is 9.20. The average Bonchev–Trinajstić information content (AvgIpc) is 2.33. The zero-order chi connectivity index (χ0) is 14.5. The first-order valence-corrected chi connectivity index (χ1v) is 7.36. The second-order valence-electron chi connectivity index (χ2n) is 4.20. The third-order valence-electron chi connectivity index (χ3n) is 2.64. The number of pyridine rings is 1. The van der Waals surface area contributed by atoms with Gasteiger partial charge in [0.1, 0.15) is 5.82 Å². The van der Waals surface area contributed by atoms with Crippen molar-refractivity contribution in [1.82, 2.24) is 4.98 Å². The predicted octanol–water partition coefficient (Wildman–Crippen LogP) is 4.76. The van der Waals surface area contributed by atoms with Gasteiger partial charge in [-0.2, -0.15) is 13.2 Å². The summed E-state index contributed by atoms with van der Waals surface area (Å²) in [5, 5.41) is 0.980. The van der Waals surface area contributed by atoms with E-state index < -0.39 is 11.7 Å². The first-order chi connectivity index (χ1) is 8.86. The highest BCUT2D eigenvalue weighted by atomic mass is 79.9. The summed E-state index contributed by atoms with van der Waals surface area (Å²) in [6, 6.07) is 0.916. The normalized spacial score (nSPS) is 11.7. The minimum atomic E-state index is -4.41. The van der Waals surface area contributed by atoms with E-state index in [1.165, 1.54) is 0 Å². The molecule has 0 aliphatic heterocycles. The molecule has 0 bridgehead atoms. The van der Waals surface area contributed by atoms with Crippen LogP contribution in [0.4, 0.5) is 19.0 Å². The van der Waals surface area contributed by atoms with E-state index in [-0.39, 0.29) is 5.02 Å². The van der Waals surface area contributed by atoms with Gasteiger partial charge < -0.3 is 4.90 Å². The summed E-state index contributed by atoms with van der Waals surface area (Å²) < 4.78 is 37.4. The van der Waals surface area contributed by atoms with Crippen molar-refractivity contribution in [2.24, 2.45) is 0 Å². The number of rotatable bonds is 6. The molecule has 0 saturated heterocycles. The van der Waals surface area contributed by atoms with Crippen LogP contribution >= 0.6 is 27.5 Å². The van der Waals surface area contributed by atoms with E-state index in [2.05, 4.69) is 20.9 Å². The molecule has 0 aliphatic rings. The van der Waals surface area contributed by atoms with Crippen LogP contribution in [0.15, 0.2) is 12.3 Å². The highest BCUT2D eigenvalue weighted by Gasteiger charge is 2.31. The maximum Gasteiger partial charge on any atom is 0.417 e. The highest BCUT2D eigenvalue weighted by molar-refractivity contribution is 9.09. The molecule has 0 N–H and O–H groups in total. The number of halogens is 5. The molecule has 0 fully saturated rings. The summed E-state index contributed by atoms with van der Waals surface area (Å²) in [4.78, 5) is 5.58. The molecular weight excluding hydrogens is 344 g/mol. The molecule has 1 aromatic rings. The van der Waals surface area contributed by atoms with E-state index in [0.717, 1.165) is 36.9 Å². The predicted molar refractivity (Wildman–Crippen MR) is 75.2 cm³/mol. The largest absolute Gasteiger partial charge is 0.417 e. The van der Waals surface area contributed by atoms with Gasteiger partial charge in [-0.3, -0.25) is 0 Å². The SMILES string of the molecule is CN(CCCCCBr)c1ncc(C(F)(F)F)cc1Cl. The standard InChI is InChI=1S/C12H15BrClF3N2/c1-19(6-4-2-3-5-13)11-10(14)7-9(8-18-11)12(15,16)17/h7-8H,2-6H2,1H3. The lowest BCUT2D eigenvalue weighted by atomic mass is 10.2. The Balaban J connectivity index is 2.68. The molecule has 1 heterocycles. The fourth-order valence-electron chi connectivity index (χ4n) is 1.59. The lowest BCUT2D eigenvalue weighted by Gasteiger charge is -2.20. The Kier molecular flexibility index (Phi) is 6.39. The molecule has 0 unspecified atom stereocenters. The van der Waals surface area contributed by atoms with Gasteiger partial charge in [-0.25, -0.2) is 4.98 Å². The highest BCUT2D eigenvalue weighted by Crippen LogP contribution is 2.33. The van der Waals surface area contributed by atoms with Crippen molar-refractivity contribution < 1.29 is 13.2 Å². The molecule has 108 valence electrons. The van der Waals surface area contributed by atoms with Gasteiger partial charge in [0, 0.05) is 25.1 Å². The molecule has 0 saturated carbocycles. The quantitative estimate of drug-likeness (QED) is 0.538. The van der Waals surface area contributed by atoms with Crippen molar-refractivity contribution in [3.05, 3.63) is 22.8 Å². The Hall–Kier alpha value is -0.490. The fraction of sp³-hybridized carbons (Fsp3) is 0.583. The maximum atomic E-state index is 12.5. The molecule has 1 aromatic heterocycles. The Labute approximate surface area is 124 Å². The molecule has 0 aliphatic carbocycles. The van der Waals surface area contributed by atoms with Gasteiger partial charge >= 0.3 is 6.18 Å². The Morgan fingerprint density at radius 2 is 2.00 bits per heavy atom. The van der Waals surface area contributed by atoms with Gasteiger partial charge in [-0.1, -0.05) is 34.0 Å². The molecule has 19 heavy (non-hydrogen) atoms. The van der Waals surface area contributed by atoms with E-state index in [9.17, 15) is 13.2 Å². The van der Waals surface area contributed by atoms with Gasteiger partial charge in [0.15, 0.2) is 0 Å². The molecule has 0 aromatic carbocycles. The van der Waals surface area contributed by atoms with Crippen molar-refractivity contribution in [3.8, 4) is 0 Å². The molecule has 0 atom stereocenters. The van der Waals surface area contributed by atoms with Gasteiger partial charge in [0.25, 0.3) is 0 Å². The number of aromatic nitrogens is 1. The fourth-order valence-corrected chi connectivity index (χ4v) is 2.30. The Bertz CT molecular complexity index is 412. The number of unbranched alkanes of at least 4 members (excludes halogenated alkanes) is 2. The number of hydrogen-bond acceptors (Lipinski definition) is 2. The second-order valence-corrected chi connectivity index (χ2v) is 5.40. The Morgan fingerprint density at radius 3 is 2.53 bits per heavy atom. The van der Waals surface area contributed by atoms with E-state index in [1.807, 2.05) is 0 Å². The molecule has 2 nitrogen and oxygen atoms in total. The molecule has 7 heteroatoms. The van der Waals surface area contributed by atoms with E-state index in [4.69, 9.17) is 11.6 Å². The molecular formula is C12H15BrClF3N2. The number of nitrogens with zero attached hydrogens (tertiary/aromatic N) is 2. The van der Waals surface area contributed by atoms with Crippen LogP contribution in [0, 0.1) is 0 Å². The number of anilines is 1. The van der Waals surface area contributed by atoms with Crippen molar-refractivity contribution >= 4 is 33.3 Å². The van der Waals surface area contributed by atoms with Crippen LogP contribution < -0.4 is 4.90 Å². The van der Waals surface area contributed by atoms with Crippen molar-refractivity contribution in [2.75, 3.05) is 23.8 Å². The lowest BCUT2D eigenvalue weighted by Crippen LogP contribution is -2.20. The maximum absolute atomic E-state index is 12.5. The van der Waals surface area contributed by atoms with Crippen LogP contribution in [-0.2, 0) is 6.18 Å². The van der Waals surface area contributed by atoms with Crippen molar-refractivity contribution in [1.29, 1.82) is 0 Å². The summed E-state index contributed by atoms with van der Waals surface area (Å²) in [7, 11) is 1.77. The summed E-state index contributed by atoms with van der Waals surface area (Å²) in [6.45, 7) is 0.713. The summed E-state index contributed by atoms with van der Waals surface area (Å²) in [5.74, 6) is 0.383. The molecule has 0 spiro atoms. The zero-order valence-corrected chi connectivity index (χ0v) is 12.8. The molecule has 1 rings (SSSR count). The summed E-state index contributed by atoms with van der Waals surface area (Å²) in [6.07, 6.45) is -0.531. The van der Waals surface area contributed by atoms with E-state index in [1.54, 1.807) is 11.9 Å². The molecule has 0 radical (unpaired) electrons. The van der Waals surface area contributed by atoms with E-state index >= 15 is 0 Å². The van der Waals surface area contributed by atoms with Crippen LogP contribution in [-0.4, -0.2) is 23.9 Å². The summed E-state index contributed by atoms with van der Waals surface area (Å²) in [5.41, 5.74) is -0.825. The first-order valence-electron chi connectivity index (χ1n) is 5.86. The second kappa shape index (κ2) is 7.33.